The quantitative estimate of drug-likeness (QED) is 0.322. The van der Waals surface area contributed by atoms with Crippen LogP contribution in [-0.2, 0) is 0 Å². The monoisotopic (exact) mass is 471 g/mol. The normalized spacial score (nSPS) is 12.2. The first-order valence-corrected chi connectivity index (χ1v) is 13.5. The topological polar surface area (TPSA) is 12.9 Å². The Morgan fingerprint density at radius 2 is 1.62 bits per heavy atom. The Bertz CT molecular complexity index is 603. The number of rotatable bonds is 11. The molecule has 0 atom stereocenters. The molecule has 0 N–H and O–H groups in total. The SMILES string of the molecule is CCCC[C](CCCC)(CCCC)[Sn][c]1cc2nccc(Cl)c2s1. The van der Waals surface area contributed by atoms with Crippen LogP contribution in [-0.4, -0.2) is 26.1 Å². The second kappa shape index (κ2) is 10.4. The summed E-state index contributed by atoms with van der Waals surface area (Å²) in [6.45, 7) is 7.00. The summed E-state index contributed by atoms with van der Waals surface area (Å²) in [5.41, 5.74) is 1.11. The van der Waals surface area contributed by atoms with Gasteiger partial charge in [-0.3, -0.25) is 0 Å². The summed E-state index contributed by atoms with van der Waals surface area (Å²) < 4.78 is 3.47. The van der Waals surface area contributed by atoms with Gasteiger partial charge in [-0.1, -0.05) is 0 Å². The molecule has 0 spiro atoms. The van der Waals surface area contributed by atoms with E-state index in [1.165, 1.54) is 62.5 Å². The summed E-state index contributed by atoms with van der Waals surface area (Å²) in [5.74, 6) is 0. The first-order chi connectivity index (χ1) is 11.6. The van der Waals surface area contributed by atoms with Gasteiger partial charge in [-0.25, -0.2) is 0 Å². The molecule has 24 heavy (non-hydrogen) atoms. The van der Waals surface area contributed by atoms with Crippen molar-refractivity contribution in [1.29, 1.82) is 0 Å². The number of pyridine rings is 1. The van der Waals surface area contributed by atoms with Crippen LogP contribution in [0.2, 0.25) is 8.45 Å². The van der Waals surface area contributed by atoms with Crippen LogP contribution < -0.4 is 2.89 Å². The van der Waals surface area contributed by atoms with Gasteiger partial charge < -0.3 is 0 Å². The van der Waals surface area contributed by atoms with E-state index in [9.17, 15) is 0 Å². The molecule has 2 aromatic rings. The molecule has 2 heterocycles. The summed E-state index contributed by atoms with van der Waals surface area (Å²) in [6.07, 6.45) is 14.3. The number of fused-ring (bicyclic) bond motifs is 1. The summed E-state index contributed by atoms with van der Waals surface area (Å²) in [7, 11) is 0. The standard InChI is InChI=1S/C13H27.C7H3ClNS.Sn/c1-4-7-10-13(11-8-5-2)12-9-6-3;8-5-1-3-9-6-2-4-10-7(5)6;/h4-12H2,1-3H3;1-3H;. The van der Waals surface area contributed by atoms with E-state index in [1.54, 1.807) is 2.89 Å². The summed E-state index contributed by atoms with van der Waals surface area (Å²) in [6, 6.07) is 4.28. The molecule has 0 saturated carbocycles. The number of thiophene rings is 1. The van der Waals surface area contributed by atoms with Crippen molar-refractivity contribution in [2.75, 3.05) is 0 Å². The molecule has 2 radical (unpaired) electrons. The second-order valence-corrected chi connectivity index (χ2v) is 14.6. The van der Waals surface area contributed by atoms with Gasteiger partial charge in [-0.05, 0) is 0 Å². The zero-order chi connectivity index (χ0) is 17.4. The number of aromatic nitrogens is 1. The molecule has 0 fully saturated rings. The van der Waals surface area contributed by atoms with E-state index in [0.717, 1.165) is 10.5 Å². The summed E-state index contributed by atoms with van der Waals surface area (Å²) >= 11 is 7.65. The fourth-order valence-electron chi connectivity index (χ4n) is 3.34. The van der Waals surface area contributed by atoms with Crippen molar-refractivity contribution in [3.63, 3.8) is 0 Å². The van der Waals surface area contributed by atoms with Gasteiger partial charge in [0, 0.05) is 0 Å². The Morgan fingerprint density at radius 1 is 1.04 bits per heavy atom. The fraction of sp³-hybridized carbons (Fsp3) is 0.650. The first kappa shape index (κ1) is 20.5. The third-order valence-corrected chi connectivity index (χ3v) is 12.5. The van der Waals surface area contributed by atoms with Crippen molar-refractivity contribution in [1.82, 2.24) is 4.98 Å². The van der Waals surface area contributed by atoms with Crippen molar-refractivity contribution < 1.29 is 0 Å². The molecule has 0 bridgehead atoms. The van der Waals surface area contributed by atoms with Crippen LogP contribution in [0.4, 0.5) is 0 Å². The predicted molar refractivity (Wildman–Crippen MR) is 111 cm³/mol. The Hall–Kier alpha value is 0.199. The zero-order valence-electron chi connectivity index (χ0n) is 15.3. The fourth-order valence-corrected chi connectivity index (χ4v) is 11.9. The third-order valence-electron chi connectivity index (χ3n) is 4.78. The number of nitrogens with zero attached hydrogens (tertiary/aromatic N) is 1. The molecule has 1 nitrogen and oxygen atoms in total. The molecule has 2 aromatic heterocycles. The predicted octanol–water partition coefficient (Wildman–Crippen LogP) is 7.01. The van der Waals surface area contributed by atoms with E-state index in [4.69, 9.17) is 11.6 Å². The van der Waals surface area contributed by atoms with E-state index in [1.807, 2.05) is 23.6 Å². The number of hydrogen-bond acceptors (Lipinski definition) is 2. The minimum atomic E-state index is -0.661. The summed E-state index contributed by atoms with van der Waals surface area (Å²) in [4.78, 5) is 4.53. The van der Waals surface area contributed by atoms with E-state index in [-0.39, 0.29) is 0 Å². The Kier molecular flexibility index (Phi) is 8.86. The van der Waals surface area contributed by atoms with E-state index < -0.39 is 21.1 Å². The molecule has 0 saturated heterocycles. The minimum absolute atomic E-state index is 0.638. The second-order valence-electron chi connectivity index (χ2n) is 6.83. The molecule has 0 aliphatic rings. The molecule has 0 amide bonds. The molecule has 2 rings (SSSR count). The Morgan fingerprint density at radius 3 is 2.12 bits per heavy atom. The van der Waals surface area contributed by atoms with E-state index in [2.05, 4.69) is 31.8 Å². The van der Waals surface area contributed by atoms with Crippen molar-refractivity contribution in [2.45, 2.75) is 82.0 Å². The van der Waals surface area contributed by atoms with Gasteiger partial charge in [0.05, 0.1) is 0 Å². The van der Waals surface area contributed by atoms with Crippen LogP contribution in [0.3, 0.4) is 0 Å². The Labute approximate surface area is 166 Å². The van der Waals surface area contributed by atoms with Gasteiger partial charge >= 0.3 is 168 Å². The molecule has 0 aliphatic heterocycles. The van der Waals surface area contributed by atoms with Crippen molar-refractivity contribution in [2.24, 2.45) is 0 Å². The van der Waals surface area contributed by atoms with Crippen LogP contribution >= 0.6 is 22.9 Å². The van der Waals surface area contributed by atoms with Crippen molar-refractivity contribution in [3.05, 3.63) is 23.4 Å². The third kappa shape index (κ3) is 5.60. The van der Waals surface area contributed by atoms with E-state index >= 15 is 0 Å². The molecule has 4 heteroatoms. The maximum absolute atomic E-state index is 6.38. The van der Waals surface area contributed by atoms with Crippen LogP contribution in [0.25, 0.3) is 10.2 Å². The molecule has 132 valence electrons. The number of unbranched alkanes of at least 4 members (excludes halogenated alkanes) is 3. The van der Waals surface area contributed by atoms with Gasteiger partial charge in [0.25, 0.3) is 0 Å². The molecule has 0 aliphatic carbocycles. The van der Waals surface area contributed by atoms with Crippen LogP contribution in [0.5, 0.6) is 0 Å². The average Bonchev–Trinajstić information content (AvgIpc) is 3.00. The van der Waals surface area contributed by atoms with Gasteiger partial charge in [-0.15, -0.1) is 0 Å². The molecular formula is C20H30ClNSSn. The van der Waals surface area contributed by atoms with Crippen LogP contribution in [0.15, 0.2) is 18.3 Å². The van der Waals surface area contributed by atoms with E-state index in [0.29, 0.717) is 3.43 Å². The first-order valence-electron chi connectivity index (χ1n) is 9.46. The summed E-state index contributed by atoms with van der Waals surface area (Å²) in [5, 5.41) is 0.872. The number of halogens is 1. The van der Waals surface area contributed by atoms with Crippen LogP contribution in [0, 0.1) is 0 Å². The van der Waals surface area contributed by atoms with Crippen LogP contribution in [0.1, 0.15) is 78.6 Å². The molecule has 0 unspecified atom stereocenters. The molecule has 0 aromatic carbocycles. The van der Waals surface area contributed by atoms with Gasteiger partial charge in [0.2, 0.25) is 0 Å². The van der Waals surface area contributed by atoms with Gasteiger partial charge in [-0.2, -0.15) is 0 Å². The average molecular weight is 471 g/mol. The molecular weight excluding hydrogens is 440 g/mol. The van der Waals surface area contributed by atoms with Gasteiger partial charge in [0.1, 0.15) is 0 Å². The maximum atomic E-state index is 6.38. The van der Waals surface area contributed by atoms with Gasteiger partial charge in [0.15, 0.2) is 0 Å². The van der Waals surface area contributed by atoms with Crippen molar-refractivity contribution >= 4 is 57.2 Å². The Balaban J connectivity index is 2.26. The van der Waals surface area contributed by atoms with Crippen molar-refractivity contribution in [3.8, 4) is 0 Å². The number of hydrogen-bond donors (Lipinski definition) is 0. The zero-order valence-corrected chi connectivity index (χ0v) is 19.8.